The Morgan fingerprint density at radius 3 is 3.06 bits per heavy atom. The van der Waals surface area contributed by atoms with Crippen molar-refractivity contribution in [1.82, 2.24) is 5.16 Å². The lowest BCUT2D eigenvalue weighted by Gasteiger charge is -2.11. The molecule has 0 bridgehead atoms. The molecule has 0 saturated heterocycles. The fraction of sp³-hybridized carbons (Fsp3) is 0.214. The molecule has 3 rings (SSSR count). The summed E-state index contributed by atoms with van der Waals surface area (Å²) in [6.45, 7) is 0. The standard InChI is InChI=1S/C14H13NO2/c16-13-7-6-10-4-2-1-3-5-12(10)14(13)11-8-15-17-9-11/h2,4,6-9,16H,1,3,5H2. The third kappa shape index (κ3) is 1.73. The highest BCUT2D eigenvalue weighted by atomic mass is 16.5. The van der Waals surface area contributed by atoms with Gasteiger partial charge in [-0.1, -0.05) is 23.4 Å². The van der Waals surface area contributed by atoms with Crippen molar-refractivity contribution in [2.45, 2.75) is 19.3 Å². The minimum Gasteiger partial charge on any atom is -0.507 e. The van der Waals surface area contributed by atoms with Crippen molar-refractivity contribution in [3.05, 3.63) is 41.8 Å². The first-order valence-corrected chi connectivity index (χ1v) is 5.77. The largest absolute Gasteiger partial charge is 0.507 e. The van der Waals surface area contributed by atoms with Crippen LogP contribution in [-0.4, -0.2) is 10.3 Å². The van der Waals surface area contributed by atoms with Gasteiger partial charge in [0.25, 0.3) is 0 Å². The first-order valence-electron chi connectivity index (χ1n) is 5.77. The second-order valence-corrected chi connectivity index (χ2v) is 4.24. The molecule has 0 fully saturated rings. The summed E-state index contributed by atoms with van der Waals surface area (Å²) < 4.78 is 4.87. The number of aromatic nitrogens is 1. The Hall–Kier alpha value is -2.03. The minimum atomic E-state index is 0.294. The van der Waals surface area contributed by atoms with Gasteiger partial charge in [-0.3, -0.25) is 0 Å². The van der Waals surface area contributed by atoms with E-state index in [9.17, 15) is 5.11 Å². The molecule has 0 saturated carbocycles. The second kappa shape index (κ2) is 4.09. The Morgan fingerprint density at radius 2 is 2.24 bits per heavy atom. The quantitative estimate of drug-likeness (QED) is 0.812. The van der Waals surface area contributed by atoms with Gasteiger partial charge in [0.1, 0.15) is 12.0 Å². The number of hydrogen-bond donors (Lipinski definition) is 1. The number of fused-ring (bicyclic) bond motifs is 1. The van der Waals surface area contributed by atoms with E-state index in [1.807, 2.05) is 6.07 Å². The predicted molar refractivity (Wildman–Crippen MR) is 65.6 cm³/mol. The van der Waals surface area contributed by atoms with Crippen molar-refractivity contribution in [2.75, 3.05) is 0 Å². The van der Waals surface area contributed by atoms with Gasteiger partial charge in [-0.05, 0) is 36.5 Å². The van der Waals surface area contributed by atoms with Crippen LogP contribution in [0, 0.1) is 0 Å². The summed E-state index contributed by atoms with van der Waals surface area (Å²) in [5.74, 6) is 0.294. The van der Waals surface area contributed by atoms with Crippen LogP contribution in [0.15, 0.2) is 35.2 Å². The molecular weight excluding hydrogens is 214 g/mol. The first kappa shape index (κ1) is 10.1. The minimum absolute atomic E-state index is 0.294. The normalized spacial score (nSPS) is 14.4. The number of allylic oxidation sites excluding steroid dienone is 1. The molecule has 86 valence electrons. The number of benzene rings is 1. The van der Waals surface area contributed by atoms with E-state index >= 15 is 0 Å². The van der Waals surface area contributed by atoms with Gasteiger partial charge in [-0.15, -0.1) is 0 Å². The van der Waals surface area contributed by atoms with Crippen molar-refractivity contribution >= 4 is 6.08 Å². The fourth-order valence-electron chi connectivity index (χ4n) is 2.33. The summed E-state index contributed by atoms with van der Waals surface area (Å²) in [6.07, 6.45) is 10.7. The maximum absolute atomic E-state index is 10.0. The molecule has 1 aliphatic carbocycles. The molecule has 0 amide bonds. The third-order valence-electron chi connectivity index (χ3n) is 3.14. The lowest BCUT2D eigenvalue weighted by molar-refractivity contribution is 0.420. The molecule has 2 aromatic rings. The number of hydrogen-bond acceptors (Lipinski definition) is 3. The Kier molecular flexibility index (Phi) is 2.44. The second-order valence-electron chi connectivity index (χ2n) is 4.24. The highest BCUT2D eigenvalue weighted by Crippen LogP contribution is 2.36. The topological polar surface area (TPSA) is 46.3 Å². The Balaban J connectivity index is 2.24. The monoisotopic (exact) mass is 227 g/mol. The Bertz CT molecular complexity index is 556. The van der Waals surface area contributed by atoms with Crippen LogP contribution in [0.1, 0.15) is 24.0 Å². The van der Waals surface area contributed by atoms with E-state index in [-0.39, 0.29) is 0 Å². The summed E-state index contributed by atoms with van der Waals surface area (Å²) in [6, 6.07) is 3.69. The molecule has 1 N–H and O–H groups in total. The highest BCUT2D eigenvalue weighted by Gasteiger charge is 2.16. The Labute approximate surface area is 99.4 Å². The van der Waals surface area contributed by atoms with Gasteiger partial charge in [0.15, 0.2) is 0 Å². The number of aromatic hydroxyl groups is 1. The zero-order chi connectivity index (χ0) is 11.7. The van der Waals surface area contributed by atoms with Crippen molar-refractivity contribution < 1.29 is 9.63 Å². The maximum Gasteiger partial charge on any atom is 0.131 e. The van der Waals surface area contributed by atoms with Crippen LogP contribution in [0.4, 0.5) is 0 Å². The first-order chi connectivity index (χ1) is 8.36. The number of phenols is 1. The molecule has 3 heteroatoms. The molecule has 0 unspecified atom stereocenters. The number of rotatable bonds is 1. The molecule has 17 heavy (non-hydrogen) atoms. The van der Waals surface area contributed by atoms with E-state index < -0.39 is 0 Å². The SMILES string of the molecule is Oc1ccc2c(c1-c1cnoc1)CCCC=C2. The summed E-state index contributed by atoms with van der Waals surface area (Å²) in [5, 5.41) is 13.7. The molecule has 0 radical (unpaired) electrons. The predicted octanol–water partition coefficient (Wildman–Crippen LogP) is 3.40. The van der Waals surface area contributed by atoms with Gasteiger partial charge in [-0.2, -0.15) is 0 Å². The van der Waals surface area contributed by atoms with E-state index in [1.165, 1.54) is 11.1 Å². The fourth-order valence-corrected chi connectivity index (χ4v) is 2.33. The molecule has 0 atom stereocenters. The summed E-state index contributed by atoms with van der Waals surface area (Å²) in [7, 11) is 0. The molecular formula is C14H13NO2. The zero-order valence-electron chi connectivity index (χ0n) is 9.39. The van der Waals surface area contributed by atoms with Crippen LogP contribution in [-0.2, 0) is 6.42 Å². The van der Waals surface area contributed by atoms with Crippen molar-refractivity contribution in [1.29, 1.82) is 0 Å². The molecule has 1 heterocycles. The molecule has 0 aliphatic heterocycles. The number of nitrogens with zero attached hydrogens (tertiary/aromatic N) is 1. The Morgan fingerprint density at radius 1 is 1.29 bits per heavy atom. The average molecular weight is 227 g/mol. The van der Waals surface area contributed by atoms with Crippen molar-refractivity contribution in [3.63, 3.8) is 0 Å². The molecule has 1 aromatic heterocycles. The molecule has 1 aliphatic rings. The zero-order valence-corrected chi connectivity index (χ0v) is 9.39. The molecule has 0 spiro atoms. The van der Waals surface area contributed by atoms with Crippen LogP contribution in [0.25, 0.3) is 17.2 Å². The number of phenolic OH excluding ortho intramolecular Hbond substituents is 1. The van der Waals surface area contributed by atoms with Crippen LogP contribution in [0.5, 0.6) is 5.75 Å². The van der Waals surface area contributed by atoms with Crippen molar-refractivity contribution in [3.8, 4) is 16.9 Å². The lowest BCUT2D eigenvalue weighted by atomic mass is 9.94. The van der Waals surface area contributed by atoms with Gasteiger partial charge in [0.05, 0.1) is 6.20 Å². The van der Waals surface area contributed by atoms with Gasteiger partial charge in [0, 0.05) is 11.1 Å². The van der Waals surface area contributed by atoms with E-state index in [4.69, 9.17) is 4.52 Å². The summed E-state index contributed by atoms with van der Waals surface area (Å²) >= 11 is 0. The van der Waals surface area contributed by atoms with E-state index in [2.05, 4.69) is 17.3 Å². The van der Waals surface area contributed by atoms with Gasteiger partial charge < -0.3 is 9.63 Å². The van der Waals surface area contributed by atoms with E-state index in [0.717, 1.165) is 30.4 Å². The molecule has 1 aromatic carbocycles. The van der Waals surface area contributed by atoms with Crippen molar-refractivity contribution in [2.24, 2.45) is 0 Å². The smallest absolute Gasteiger partial charge is 0.131 e. The maximum atomic E-state index is 10.0. The van der Waals surface area contributed by atoms with Crippen LogP contribution < -0.4 is 0 Å². The van der Waals surface area contributed by atoms with Gasteiger partial charge in [0.2, 0.25) is 0 Å². The molecule has 3 nitrogen and oxygen atoms in total. The van der Waals surface area contributed by atoms with E-state index in [1.54, 1.807) is 18.5 Å². The van der Waals surface area contributed by atoms with Gasteiger partial charge in [-0.25, -0.2) is 0 Å². The third-order valence-corrected chi connectivity index (χ3v) is 3.14. The van der Waals surface area contributed by atoms with E-state index in [0.29, 0.717) is 5.75 Å². The van der Waals surface area contributed by atoms with Crippen LogP contribution in [0.2, 0.25) is 0 Å². The summed E-state index contributed by atoms with van der Waals surface area (Å²) in [4.78, 5) is 0. The summed E-state index contributed by atoms with van der Waals surface area (Å²) in [5.41, 5.74) is 4.06. The lowest BCUT2D eigenvalue weighted by Crippen LogP contribution is -1.93. The average Bonchev–Trinajstić information content (AvgIpc) is 2.74. The highest BCUT2D eigenvalue weighted by molar-refractivity contribution is 5.77. The van der Waals surface area contributed by atoms with Gasteiger partial charge >= 0.3 is 0 Å². The van der Waals surface area contributed by atoms with Crippen LogP contribution >= 0.6 is 0 Å². The van der Waals surface area contributed by atoms with Crippen LogP contribution in [0.3, 0.4) is 0 Å².